The second-order valence-electron chi connectivity index (χ2n) is 3.90. The van der Waals surface area contributed by atoms with Gasteiger partial charge in [0.15, 0.2) is 0 Å². The molecule has 0 atom stereocenters. The zero-order valence-electron chi connectivity index (χ0n) is 8.15. The molecule has 0 amide bonds. The van der Waals surface area contributed by atoms with Crippen molar-refractivity contribution in [1.82, 2.24) is 0 Å². The highest BCUT2D eigenvalue weighted by molar-refractivity contribution is 6.30. The van der Waals surface area contributed by atoms with Crippen molar-refractivity contribution >= 4 is 11.6 Å². The van der Waals surface area contributed by atoms with Crippen molar-refractivity contribution < 1.29 is 5.11 Å². The van der Waals surface area contributed by atoms with E-state index in [9.17, 15) is 5.11 Å². The Bertz CT molecular complexity index is 273. The SMILES string of the molecule is CC(C)(O)C#CC1=C(Cl)CCCC1. The van der Waals surface area contributed by atoms with Gasteiger partial charge in [-0.2, -0.15) is 0 Å². The molecular weight excluding hydrogens is 184 g/mol. The van der Waals surface area contributed by atoms with E-state index in [0.29, 0.717) is 0 Å². The summed E-state index contributed by atoms with van der Waals surface area (Å²) in [6.07, 6.45) is 4.22. The average molecular weight is 199 g/mol. The van der Waals surface area contributed by atoms with Gasteiger partial charge in [-0.1, -0.05) is 23.4 Å². The highest BCUT2D eigenvalue weighted by Gasteiger charge is 2.10. The summed E-state index contributed by atoms with van der Waals surface area (Å²) in [7, 11) is 0. The molecule has 1 rings (SSSR count). The van der Waals surface area contributed by atoms with E-state index in [2.05, 4.69) is 11.8 Å². The van der Waals surface area contributed by atoms with Crippen LogP contribution >= 0.6 is 11.6 Å². The first-order chi connectivity index (χ1) is 5.99. The summed E-state index contributed by atoms with van der Waals surface area (Å²) in [5.41, 5.74) is 0.0942. The third kappa shape index (κ3) is 3.85. The maximum Gasteiger partial charge on any atom is 0.120 e. The molecule has 0 radical (unpaired) electrons. The summed E-state index contributed by atoms with van der Waals surface area (Å²) in [5.74, 6) is 5.74. The van der Waals surface area contributed by atoms with Crippen LogP contribution in [0.2, 0.25) is 0 Å². The fraction of sp³-hybridized carbons (Fsp3) is 0.636. The molecule has 1 N–H and O–H groups in total. The summed E-state index contributed by atoms with van der Waals surface area (Å²) in [5, 5.41) is 10.3. The second-order valence-corrected chi connectivity index (χ2v) is 4.36. The third-order valence-electron chi connectivity index (χ3n) is 1.92. The molecule has 0 heterocycles. The van der Waals surface area contributed by atoms with Gasteiger partial charge in [0, 0.05) is 10.6 Å². The summed E-state index contributed by atoms with van der Waals surface area (Å²) in [6, 6.07) is 0. The minimum absolute atomic E-state index is 0.878. The van der Waals surface area contributed by atoms with Crippen LogP contribution in [0.3, 0.4) is 0 Å². The minimum Gasteiger partial charge on any atom is -0.378 e. The van der Waals surface area contributed by atoms with E-state index in [4.69, 9.17) is 11.6 Å². The van der Waals surface area contributed by atoms with E-state index in [1.807, 2.05) is 0 Å². The second kappa shape index (κ2) is 4.17. The number of aliphatic hydroxyl groups is 1. The Morgan fingerprint density at radius 1 is 1.31 bits per heavy atom. The Hall–Kier alpha value is -0.450. The standard InChI is InChI=1S/C11H15ClO/c1-11(2,13)8-7-9-5-3-4-6-10(9)12/h13H,3-6H2,1-2H3. The van der Waals surface area contributed by atoms with Gasteiger partial charge in [-0.15, -0.1) is 0 Å². The molecule has 0 saturated carbocycles. The molecule has 1 nitrogen and oxygen atoms in total. The van der Waals surface area contributed by atoms with Crippen LogP contribution in [0.15, 0.2) is 10.6 Å². The summed E-state index contributed by atoms with van der Waals surface area (Å²) < 4.78 is 0. The molecule has 0 aromatic rings. The average Bonchev–Trinajstić information content (AvgIpc) is 2.01. The van der Waals surface area contributed by atoms with E-state index < -0.39 is 5.60 Å². The van der Waals surface area contributed by atoms with Crippen molar-refractivity contribution in [3.63, 3.8) is 0 Å². The Labute approximate surface area is 84.8 Å². The predicted octanol–water partition coefficient (Wildman–Crippen LogP) is 2.83. The van der Waals surface area contributed by atoms with Crippen molar-refractivity contribution in [2.24, 2.45) is 0 Å². The molecular formula is C11H15ClO. The lowest BCUT2D eigenvalue weighted by Crippen LogP contribution is -2.14. The number of hydrogen-bond donors (Lipinski definition) is 1. The van der Waals surface area contributed by atoms with Crippen LogP contribution in [0, 0.1) is 11.8 Å². The zero-order chi connectivity index (χ0) is 9.90. The summed E-state index contributed by atoms with van der Waals surface area (Å²) in [6.45, 7) is 3.36. The zero-order valence-corrected chi connectivity index (χ0v) is 8.91. The van der Waals surface area contributed by atoms with Crippen LogP contribution in [-0.2, 0) is 0 Å². The molecule has 0 aromatic heterocycles. The summed E-state index contributed by atoms with van der Waals surface area (Å²) >= 11 is 6.01. The van der Waals surface area contributed by atoms with Crippen LogP contribution < -0.4 is 0 Å². The van der Waals surface area contributed by atoms with E-state index >= 15 is 0 Å². The maximum atomic E-state index is 9.40. The van der Waals surface area contributed by atoms with E-state index in [0.717, 1.165) is 36.3 Å². The first-order valence-electron chi connectivity index (χ1n) is 4.62. The third-order valence-corrected chi connectivity index (χ3v) is 2.34. The molecule has 0 aliphatic heterocycles. The fourth-order valence-electron chi connectivity index (χ4n) is 1.23. The van der Waals surface area contributed by atoms with E-state index in [1.54, 1.807) is 13.8 Å². The first-order valence-corrected chi connectivity index (χ1v) is 5.00. The van der Waals surface area contributed by atoms with Gasteiger partial charge < -0.3 is 5.11 Å². The molecule has 0 aromatic carbocycles. The Morgan fingerprint density at radius 3 is 2.46 bits per heavy atom. The predicted molar refractivity (Wildman–Crippen MR) is 55.4 cm³/mol. The largest absolute Gasteiger partial charge is 0.378 e. The molecule has 1 aliphatic carbocycles. The van der Waals surface area contributed by atoms with Gasteiger partial charge in [0.05, 0.1) is 0 Å². The molecule has 0 unspecified atom stereocenters. The normalized spacial score (nSPS) is 18.2. The van der Waals surface area contributed by atoms with Gasteiger partial charge in [-0.3, -0.25) is 0 Å². The lowest BCUT2D eigenvalue weighted by Gasteiger charge is -2.12. The molecule has 72 valence electrons. The molecule has 2 heteroatoms. The molecule has 0 spiro atoms. The highest BCUT2D eigenvalue weighted by Crippen LogP contribution is 2.26. The minimum atomic E-state index is -0.915. The van der Waals surface area contributed by atoms with Gasteiger partial charge in [0.2, 0.25) is 0 Å². The van der Waals surface area contributed by atoms with Crippen LogP contribution in [0.4, 0.5) is 0 Å². The molecule has 13 heavy (non-hydrogen) atoms. The number of allylic oxidation sites excluding steroid dienone is 2. The van der Waals surface area contributed by atoms with Gasteiger partial charge in [-0.05, 0) is 39.5 Å². The molecule has 0 fully saturated rings. The van der Waals surface area contributed by atoms with Crippen molar-refractivity contribution in [3.05, 3.63) is 10.6 Å². The van der Waals surface area contributed by atoms with Crippen molar-refractivity contribution in [3.8, 4) is 11.8 Å². The Balaban J connectivity index is 2.76. The van der Waals surface area contributed by atoms with Gasteiger partial charge in [-0.25, -0.2) is 0 Å². The fourth-order valence-corrected chi connectivity index (χ4v) is 1.50. The van der Waals surface area contributed by atoms with Crippen LogP contribution in [-0.4, -0.2) is 10.7 Å². The summed E-state index contributed by atoms with van der Waals surface area (Å²) in [4.78, 5) is 0. The molecule has 0 saturated heterocycles. The first kappa shape index (κ1) is 10.6. The van der Waals surface area contributed by atoms with E-state index in [1.165, 1.54) is 0 Å². The number of hydrogen-bond acceptors (Lipinski definition) is 1. The van der Waals surface area contributed by atoms with Crippen LogP contribution in [0.25, 0.3) is 0 Å². The monoisotopic (exact) mass is 198 g/mol. The number of rotatable bonds is 0. The van der Waals surface area contributed by atoms with Crippen molar-refractivity contribution in [2.75, 3.05) is 0 Å². The van der Waals surface area contributed by atoms with Crippen molar-refractivity contribution in [2.45, 2.75) is 45.1 Å². The highest BCUT2D eigenvalue weighted by atomic mass is 35.5. The van der Waals surface area contributed by atoms with Gasteiger partial charge >= 0.3 is 0 Å². The van der Waals surface area contributed by atoms with E-state index in [-0.39, 0.29) is 0 Å². The number of halogens is 1. The Morgan fingerprint density at radius 2 is 1.92 bits per heavy atom. The van der Waals surface area contributed by atoms with Crippen LogP contribution in [0.1, 0.15) is 39.5 Å². The Kier molecular flexibility index (Phi) is 3.41. The van der Waals surface area contributed by atoms with Gasteiger partial charge in [0.25, 0.3) is 0 Å². The quantitative estimate of drug-likeness (QED) is 0.594. The lowest BCUT2D eigenvalue weighted by atomic mass is 9.99. The van der Waals surface area contributed by atoms with Gasteiger partial charge in [0.1, 0.15) is 5.60 Å². The smallest absolute Gasteiger partial charge is 0.120 e. The maximum absolute atomic E-state index is 9.40. The molecule has 0 bridgehead atoms. The van der Waals surface area contributed by atoms with Crippen LogP contribution in [0.5, 0.6) is 0 Å². The molecule has 1 aliphatic rings. The lowest BCUT2D eigenvalue weighted by molar-refractivity contribution is 0.143. The topological polar surface area (TPSA) is 20.2 Å². The van der Waals surface area contributed by atoms with Crippen molar-refractivity contribution in [1.29, 1.82) is 0 Å².